The minimum atomic E-state index is -0.129. The van der Waals surface area contributed by atoms with Crippen molar-refractivity contribution >= 4 is 22.8 Å². The van der Waals surface area contributed by atoms with E-state index < -0.39 is 0 Å². The molecule has 3 aromatic rings. The van der Waals surface area contributed by atoms with Gasteiger partial charge in [-0.2, -0.15) is 5.10 Å². The van der Waals surface area contributed by atoms with Crippen LogP contribution in [0.25, 0.3) is 22.3 Å². The molecule has 2 heterocycles. The first-order valence-corrected chi connectivity index (χ1v) is 10.7. The van der Waals surface area contributed by atoms with E-state index in [2.05, 4.69) is 21.9 Å². The van der Waals surface area contributed by atoms with E-state index >= 15 is 0 Å². The number of amides is 1. The third-order valence-corrected chi connectivity index (χ3v) is 5.78. The molecular formula is C23H28N6O3. The lowest BCUT2D eigenvalue weighted by molar-refractivity contribution is -0.117. The zero-order valence-corrected chi connectivity index (χ0v) is 18.2. The Hall–Kier alpha value is -3.46. The van der Waals surface area contributed by atoms with E-state index in [9.17, 15) is 4.79 Å². The minimum Gasteiger partial charge on any atom is -0.491 e. The molecule has 9 nitrogen and oxygen atoms in total. The molecule has 2 aromatic heterocycles. The molecule has 32 heavy (non-hydrogen) atoms. The van der Waals surface area contributed by atoms with Crippen LogP contribution in [-0.2, 0) is 9.53 Å². The molecule has 0 bridgehead atoms. The molecule has 1 fully saturated rings. The number of hydrogen-bond acceptors (Lipinski definition) is 7. The standard InChI is InChI=1S/C23H28N6O3/c1-3-19(30)27-16-6-8-17(9-7-16)29-23-20(22(24)25-14-26-23)21(28-29)15-4-10-18(11-5-15)32-13-12-31-2/h3-5,10-11,14,16-17H,1,6-9,12-13H2,2H3,(H,27,30)(H2,24,25,26). The molecule has 1 aliphatic carbocycles. The molecule has 9 heteroatoms. The molecule has 1 amide bonds. The van der Waals surface area contributed by atoms with E-state index in [0.717, 1.165) is 53.7 Å². The summed E-state index contributed by atoms with van der Waals surface area (Å²) in [4.78, 5) is 20.3. The van der Waals surface area contributed by atoms with Crippen molar-refractivity contribution < 1.29 is 14.3 Å². The van der Waals surface area contributed by atoms with Crippen LogP contribution in [0.2, 0.25) is 0 Å². The quantitative estimate of drug-likeness (QED) is 0.412. The first-order chi connectivity index (χ1) is 15.6. The summed E-state index contributed by atoms with van der Waals surface area (Å²) < 4.78 is 12.6. The molecule has 0 saturated heterocycles. The first kappa shape index (κ1) is 21.8. The average Bonchev–Trinajstić information content (AvgIpc) is 3.21. The van der Waals surface area contributed by atoms with E-state index in [1.54, 1.807) is 7.11 Å². The van der Waals surface area contributed by atoms with Crippen LogP contribution in [0.4, 0.5) is 5.82 Å². The lowest BCUT2D eigenvalue weighted by atomic mass is 9.91. The summed E-state index contributed by atoms with van der Waals surface area (Å²) in [5.41, 5.74) is 8.64. The molecule has 1 aromatic carbocycles. The van der Waals surface area contributed by atoms with Crippen LogP contribution >= 0.6 is 0 Å². The minimum absolute atomic E-state index is 0.129. The summed E-state index contributed by atoms with van der Waals surface area (Å²) in [6.07, 6.45) is 6.29. The Labute approximate surface area is 186 Å². The Morgan fingerprint density at radius 2 is 1.97 bits per heavy atom. The highest BCUT2D eigenvalue weighted by Crippen LogP contribution is 2.36. The van der Waals surface area contributed by atoms with Crippen LogP contribution < -0.4 is 15.8 Å². The van der Waals surface area contributed by atoms with E-state index in [-0.39, 0.29) is 18.0 Å². The van der Waals surface area contributed by atoms with Crippen LogP contribution in [0.3, 0.4) is 0 Å². The number of nitrogens with zero attached hydrogens (tertiary/aromatic N) is 4. The van der Waals surface area contributed by atoms with Crippen molar-refractivity contribution in [2.45, 2.75) is 37.8 Å². The molecule has 0 aliphatic heterocycles. The van der Waals surface area contributed by atoms with Gasteiger partial charge in [-0.05, 0) is 56.0 Å². The number of nitrogen functional groups attached to an aromatic ring is 1. The fraction of sp³-hybridized carbons (Fsp3) is 0.391. The smallest absolute Gasteiger partial charge is 0.243 e. The van der Waals surface area contributed by atoms with Gasteiger partial charge in [-0.15, -0.1) is 0 Å². The number of ether oxygens (including phenoxy) is 2. The second-order valence-electron chi connectivity index (χ2n) is 7.83. The topological polar surface area (TPSA) is 117 Å². The number of hydrogen-bond donors (Lipinski definition) is 2. The maximum atomic E-state index is 11.6. The number of aromatic nitrogens is 4. The van der Waals surface area contributed by atoms with Crippen LogP contribution in [-0.4, -0.2) is 52.0 Å². The maximum absolute atomic E-state index is 11.6. The van der Waals surface area contributed by atoms with Crippen LogP contribution in [0.1, 0.15) is 31.7 Å². The summed E-state index contributed by atoms with van der Waals surface area (Å²) in [6, 6.07) is 8.06. The van der Waals surface area contributed by atoms with E-state index in [4.69, 9.17) is 20.3 Å². The van der Waals surface area contributed by atoms with Gasteiger partial charge in [0.2, 0.25) is 5.91 Å². The van der Waals surface area contributed by atoms with Crippen LogP contribution in [0, 0.1) is 0 Å². The van der Waals surface area contributed by atoms with Crippen molar-refractivity contribution in [3.05, 3.63) is 43.2 Å². The fourth-order valence-corrected chi connectivity index (χ4v) is 4.13. The van der Waals surface area contributed by atoms with Crippen molar-refractivity contribution in [1.82, 2.24) is 25.1 Å². The third-order valence-electron chi connectivity index (χ3n) is 5.78. The van der Waals surface area contributed by atoms with Crippen molar-refractivity contribution in [1.29, 1.82) is 0 Å². The molecule has 0 unspecified atom stereocenters. The number of nitrogens with one attached hydrogen (secondary N) is 1. The number of rotatable bonds is 8. The molecule has 1 aliphatic rings. The zero-order valence-electron chi connectivity index (χ0n) is 18.2. The lowest BCUT2D eigenvalue weighted by Gasteiger charge is -2.29. The molecule has 0 spiro atoms. The van der Waals surface area contributed by atoms with Crippen molar-refractivity contribution in [2.75, 3.05) is 26.1 Å². The van der Waals surface area contributed by atoms with Gasteiger partial charge in [0.15, 0.2) is 5.65 Å². The van der Waals surface area contributed by atoms with Gasteiger partial charge >= 0.3 is 0 Å². The van der Waals surface area contributed by atoms with Crippen LogP contribution in [0.5, 0.6) is 5.75 Å². The van der Waals surface area contributed by atoms with E-state index in [0.29, 0.717) is 19.0 Å². The number of fused-ring (bicyclic) bond motifs is 1. The first-order valence-electron chi connectivity index (χ1n) is 10.7. The normalized spacial score (nSPS) is 18.4. The van der Waals surface area contributed by atoms with Crippen molar-refractivity contribution in [3.63, 3.8) is 0 Å². The van der Waals surface area contributed by atoms with E-state index in [1.807, 2.05) is 28.9 Å². The number of methoxy groups -OCH3 is 1. The second-order valence-corrected chi connectivity index (χ2v) is 7.83. The highest BCUT2D eigenvalue weighted by atomic mass is 16.5. The Bertz CT molecular complexity index is 1090. The maximum Gasteiger partial charge on any atom is 0.243 e. The van der Waals surface area contributed by atoms with Gasteiger partial charge in [-0.3, -0.25) is 4.79 Å². The molecule has 168 valence electrons. The molecular weight excluding hydrogens is 408 g/mol. The Balaban J connectivity index is 1.59. The fourth-order valence-electron chi connectivity index (χ4n) is 4.13. The largest absolute Gasteiger partial charge is 0.491 e. The number of carbonyl (C=O) groups is 1. The molecule has 0 atom stereocenters. The summed E-state index contributed by atoms with van der Waals surface area (Å²) >= 11 is 0. The van der Waals surface area contributed by atoms with Gasteiger partial charge in [0.1, 0.15) is 30.2 Å². The second kappa shape index (κ2) is 9.78. The Morgan fingerprint density at radius 3 is 2.66 bits per heavy atom. The number of anilines is 1. The van der Waals surface area contributed by atoms with Crippen molar-refractivity contribution in [2.24, 2.45) is 0 Å². The lowest BCUT2D eigenvalue weighted by Crippen LogP contribution is -2.37. The molecule has 4 rings (SSSR count). The van der Waals surface area contributed by atoms with Gasteiger partial charge in [-0.25, -0.2) is 14.6 Å². The van der Waals surface area contributed by atoms with Gasteiger partial charge < -0.3 is 20.5 Å². The molecule has 3 N–H and O–H groups in total. The summed E-state index contributed by atoms with van der Waals surface area (Å²) in [6.45, 7) is 4.54. The predicted molar refractivity (Wildman–Crippen MR) is 122 cm³/mol. The number of carbonyl (C=O) groups excluding carboxylic acids is 1. The van der Waals surface area contributed by atoms with Gasteiger partial charge in [-0.1, -0.05) is 6.58 Å². The number of nitrogens with two attached hydrogens (primary N) is 1. The molecule has 0 radical (unpaired) electrons. The predicted octanol–water partition coefficient (Wildman–Crippen LogP) is 2.89. The van der Waals surface area contributed by atoms with Gasteiger partial charge in [0.05, 0.1) is 18.0 Å². The summed E-state index contributed by atoms with van der Waals surface area (Å²) in [5, 5.41) is 8.66. The summed E-state index contributed by atoms with van der Waals surface area (Å²) in [7, 11) is 1.64. The van der Waals surface area contributed by atoms with E-state index in [1.165, 1.54) is 12.4 Å². The Morgan fingerprint density at radius 1 is 1.22 bits per heavy atom. The van der Waals surface area contributed by atoms with Gasteiger partial charge in [0.25, 0.3) is 0 Å². The monoisotopic (exact) mass is 436 g/mol. The molecule has 1 saturated carbocycles. The van der Waals surface area contributed by atoms with Crippen molar-refractivity contribution in [3.8, 4) is 17.0 Å². The highest BCUT2D eigenvalue weighted by Gasteiger charge is 2.27. The van der Waals surface area contributed by atoms with Crippen LogP contribution in [0.15, 0.2) is 43.2 Å². The zero-order chi connectivity index (χ0) is 22.5. The Kier molecular flexibility index (Phi) is 6.65. The SMILES string of the molecule is C=CC(=O)NC1CCC(n2nc(-c3ccc(OCCOC)cc3)c3c(N)ncnc32)CC1. The average molecular weight is 437 g/mol. The summed E-state index contributed by atoms with van der Waals surface area (Å²) in [5.74, 6) is 1.04. The third kappa shape index (κ3) is 4.57. The van der Waals surface area contributed by atoms with Gasteiger partial charge in [0, 0.05) is 18.7 Å². The highest BCUT2D eigenvalue weighted by molar-refractivity contribution is 5.98. The number of benzene rings is 1.